The molecule has 4 rings (SSSR count). The Bertz CT molecular complexity index is 1270. The maximum absolute atomic E-state index is 13.1. The van der Waals surface area contributed by atoms with E-state index in [9.17, 15) is 9.59 Å². The molecule has 1 aliphatic rings. The van der Waals surface area contributed by atoms with Gasteiger partial charge >= 0.3 is 5.97 Å². The molecule has 1 saturated heterocycles. The second kappa shape index (κ2) is 11.2. The molecule has 1 N–H and O–H groups in total. The molecule has 0 atom stereocenters. The fourth-order valence-corrected chi connectivity index (χ4v) is 4.49. The minimum absolute atomic E-state index is 0.0252. The van der Waals surface area contributed by atoms with Gasteiger partial charge in [-0.15, -0.1) is 0 Å². The van der Waals surface area contributed by atoms with Crippen molar-refractivity contribution in [2.75, 3.05) is 19.8 Å². The van der Waals surface area contributed by atoms with Crippen LogP contribution in [0.3, 0.4) is 0 Å². The second-order valence-electron chi connectivity index (χ2n) is 8.76. The Balaban J connectivity index is 1.53. The number of carbonyl (C=O) groups is 2. The molecule has 188 valence electrons. The monoisotopic (exact) mass is 547 g/mol. The van der Waals surface area contributed by atoms with E-state index in [-0.39, 0.29) is 30.4 Å². The van der Waals surface area contributed by atoms with Crippen LogP contribution in [0.1, 0.15) is 43.7 Å². The lowest BCUT2D eigenvalue weighted by molar-refractivity contribution is -0.221. The number of hydrogen-bond acceptors (Lipinski definition) is 5. The molecular weight excluding hydrogens is 525 g/mol. The second-order valence-corrected chi connectivity index (χ2v) is 10.0. The zero-order valence-electron chi connectivity index (χ0n) is 19.6. The molecule has 0 aliphatic carbocycles. The van der Waals surface area contributed by atoms with Crippen LogP contribution >= 0.6 is 34.8 Å². The summed E-state index contributed by atoms with van der Waals surface area (Å²) in [6, 6.07) is 17.1. The third kappa shape index (κ3) is 6.20. The van der Waals surface area contributed by atoms with Crippen molar-refractivity contribution in [3.63, 3.8) is 0 Å². The molecule has 9 heteroatoms. The van der Waals surface area contributed by atoms with Gasteiger partial charge in [0, 0.05) is 15.6 Å². The summed E-state index contributed by atoms with van der Waals surface area (Å²) in [6.45, 7) is 3.66. The van der Waals surface area contributed by atoms with Gasteiger partial charge in [-0.05, 0) is 55.8 Å². The van der Waals surface area contributed by atoms with Gasteiger partial charge in [0.2, 0.25) is 0 Å². The number of hydrogen-bond donors (Lipinski definition) is 1. The first-order valence-electron chi connectivity index (χ1n) is 11.2. The molecule has 0 spiro atoms. The lowest BCUT2D eigenvalue weighted by Crippen LogP contribution is -2.61. The van der Waals surface area contributed by atoms with Crippen LogP contribution in [0.2, 0.25) is 15.1 Å². The first kappa shape index (κ1) is 26.5. The summed E-state index contributed by atoms with van der Waals surface area (Å²) >= 11 is 18.2. The first-order valence-corrected chi connectivity index (χ1v) is 12.3. The number of carbonyl (C=O) groups excluding carboxylic acids is 2. The first-order chi connectivity index (χ1) is 17.2. The van der Waals surface area contributed by atoms with Gasteiger partial charge < -0.3 is 19.5 Å². The van der Waals surface area contributed by atoms with Gasteiger partial charge in [-0.1, -0.05) is 64.6 Å². The molecule has 36 heavy (non-hydrogen) atoms. The Hall–Kier alpha value is -2.61. The predicted molar refractivity (Wildman–Crippen MR) is 139 cm³/mol. The van der Waals surface area contributed by atoms with Gasteiger partial charge in [0.15, 0.2) is 6.29 Å². The van der Waals surface area contributed by atoms with Crippen LogP contribution in [0.25, 0.3) is 0 Å². The highest BCUT2D eigenvalue weighted by Crippen LogP contribution is 2.29. The van der Waals surface area contributed by atoms with Crippen LogP contribution in [0.5, 0.6) is 0 Å². The highest BCUT2D eigenvalue weighted by Gasteiger charge is 2.41. The third-order valence-corrected chi connectivity index (χ3v) is 6.60. The summed E-state index contributed by atoms with van der Waals surface area (Å²) in [5, 5.41) is 4.10. The maximum Gasteiger partial charge on any atom is 0.338 e. The SMILES string of the molecule is Cc1ccc(C(=O)OCC2(NC(=O)c3ccc(Cl)cc3Cl)COC(c3ccc(Cl)cc3)OC2)c(C)c1. The van der Waals surface area contributed by atoms with E-state index in [1.54, 1.807) is 36.4 Å². The molecular formula is C27H24Cl3NO5. The van der Waals surface area contributed by atoms with Crippen molar-refractivity contribution in [1.29, 1.82) is 0 Å². The van der Waals surface area contributed by atoms with Gasteiger partial charge in [0.05, 0.1) is 29.4 Å². The van der Waals surface area contributed by atoms with Crippen LogP contribution in [0, 0.1) is 13.8 Å². The van der Waals surface area contributed by atoms with Crippen LogP contribution in [0.4, 0.5) is 0 Å². The van der Waals surface area contributed by atoms with Crippen LogP contribution in [0.15, 0.2) is 60.7 Å². The molecule has 1 aliphatic heterocycles. The zero-order valence-corrected chi connectivity index (χ0v) is 21.9. The van der Waals surface area contributed by atoms with Crippen molar-refractivity contribution in [3.8, 4) is 0 Å². The Kier molecular flexibility index (Phi) is 8.23. The Morgan fingerprint density at radius 3 is 2.19 bits per heavy atom. The lowest BCUT2D eigenvalue weighted by atomic mass is 10.0. The number of benzene rings is 3. The van der Waals surface area contributed by atoms with Crippen LogP contribution in [-0.4, -0.2) is 37.2 Å². The Morgan fingerprint density at radius 2 is 1.56 bits per heavy atom. The molecule has 1 amide bonds. The Morgan fingerprint density at radius 1 is 0.917 bits per heavy atom. The van der Waals surface area contributed by atoms with Gasteiger partial charge in [-0.3, -0.25) is 4.79 Å². The van der Waals surface area contributed by atoms with Crippen molar-refractivity contribution < 1.29 is 23.8 Å². The molecule has 1 fully saturated rings. The van der Waals surface area contributed by atoms with Crippen molar-refractivity contribution in [3.05, 3.63) is 104 Å². The zero-order chi connectivity index (χ0) is 25.9. The average molecular weight is 549 g/mol. The maximum atomic E-state index is 13.1. The van der Waals surface area contributed by atoms with Gasteiger partial charge in [-0.25, -0.2) is 4.79 Å². The third-order valence-electron chi connectivity index (χ3n) is 5.80. The number of aryl methyl sites for hydroxylation is 2. The molecule has 0 bridgehead atoms. The number of esters is 1. The number of amides is 1. The number of rotatable bonds is 6. The summed E-state index contributed by atoms with van der Waals surface area (Å²) in [6.07, 6.45) is -0.665. The van der Waals surface area contributed by atoms with E-state index < -0.39 is 23.7 Å². The van der Waals surface area contributed by atoms with Gasteiger partial charge in [0.1, 0.15) is 12.1 Å². The summed E-state index contributed by atoms with van der Waals surface area (Å²) in [5.41, 5.74) is 2.12. The fraction of sp³-hybridized carbons (Fsp3) is 0.259. The Labute approximate surface area is 224 Å². The lowest BCUT2D eigenvalue weighted by Gasteiger charge is -2.40. The largest absolute Gasteiger partial charge is 0.459 e. The molecule has 3 aromatic carbocycles. The quantitative estimate of drug-likeness (QED) is 0.364. The topological polar surface area (TPSA) is 73.9 Å². The number of nitrogens with one attached hydrogen (secondary N) is 1. The number of halogens is 3. The van der Waals surface area contributed by atoms with Gasteiger partial charge in [-0.2, -0.15) is 0 Å². The van der Waals surface area contributed by atoms with Crippen molar-refractivity contribution in [2.45, 2.75) is 25.7 Å². The number of ether oxygens (including phenoxy) is 3. The molecule has 1 heterocycles. The smallest absolute Gasteiger partial charge is 0.338 e. The molecule has 0 aromatic heterocycles. The highest BCUT2D eigenvalue weighted by molar-refractivity contribution is 6.36. The molecule has 0 unspecified atom stereocenters. The minimum Gasteiger partial charge on any atom is -0.459 e. The van der Waals surface area contributed by atoms with Crippen molar-refractivity contribution >= 4 is 46.7 Å². The standard InChI is InChI=1S/C27H24Cl3NO5/c1-16-3-9-21(17(2)11-16)25(33)34-13-27(31-24(32)22-10-8-20(29)12-23(22)30)14-35-26(36-15-27)18-4-6-19(28)7-5-18/h3-12,26H,13-15H2,1-2H3,(H,31,32). The summed E-state index contributed by atoms with van der Waals surface area (Å²) < 4.78 is 17.6. The van der Waals surface area contributed by atoms with Crippen LogP contribution < -0.4 is 5.32 Å². The molecule has 0 saturated carbocycles. The molecule has 3 aromatic rings. The highest BCUT2D eigenvalue weighted by atomic mass is 35.5. The predicted octanol–water partition coefficient (Wildman–Crippen LogP) is 6.33. The minimum atomic E-state index is -1.16. The van der Waals surface area contributed by atoms with E-state index in [0.717, 1.165) is 16.7 Å². The van der Waals surface area contributed by atoms with Gasteiger partial charge in [0.25, 0.3) is 5.91 Å². The van der Waals surface area contributed by atoms with E-state index in [0.29, 0.717) is 15.6 Å². The summed E-state index contributed by atoms with van der Waals surface area (Å²) in [4.78, 5) is 26.0. The van der Waals surface area contributed by atoms with E-state index in [2.05, 4.69) is 5.32 Å². The van der Waals surface area contributed by atoms with E-state index in [4.69, 9.17) is 49.0 Å². The van der Waals surface area contributed by atoms with Crippen molar-refractivity contribution in [1.82, 2.24) is 5.32 Å². The molecule has 0 radical (unpaired) electrons. The van der Waals surface area contributed by atoms with Crippen LogP contribution in [-0.2, 0) is 14.2 Å². The van der Waals surface area contributed by atoms with E-state index in [1.807, 2.05) is 26.0 Å². The normalized spacial score (nSPS) is 19.5. The van der Waals surface area contributed by atoms with E-state index >= 15 is 0 Å². The molecule has 6 nitrogen and oxygen atoms in total. The van der Waals surface area contributed by atoms with Crippen molar-refractivity contribution in [2.24, 2.45) is 0 Å². The summed E-state index contributed by atoms with van der Waals surface area (Å²) in [7, 11) is 0. The van der Waals surface area contributed by atoms with E-state index in [1.165, 1.54) is 12.1 Å². The summed E-state index contributed by atoms with van der Waals surface area (Å²) in [5.74, 6) is -0.984. The average Bonchev–Trinajstić information content (AvgIpc) is 2.83. The fourth-order valence-electron chi connectivity index (χ4n) is 3.87.